The molecule has 1 fully saturated rings. The number of nitrogens with zero attached hydrogens (tertiary/aromatic N) is 4. The van der Waals surface area contributed by atoms with Gasteiger partial charge in [0.25, 0.3) is 0 Å². The number of likely N-dealkylation sites (tertiary alicyclic amines) is 1. The van der Waals surface area contributed by atoms with Gasteiger partial charge in [0.05, 0.1) is 17.3 Å². The van der Waals surface area contributed by atoms with Crippen LogP contribution in [0.4, 0.5) is 0 Å². The molecular formula is C24H30N4O3S. The number of carbonyl (C=O) groups is 1. The van der Waals surface area contributed by atoms with Gasteiger partial charge in [0.1, 0.15) is 5.82 Å². The smallest absolute Gasteiger partial charge is 0.223 e. The lowest BCUT2D eigenvalue weighted by Gasteiger charge is -2.37. The van der Waals surface area contributed by atoms with Crippen LogP contribution in [-0.2, 0) is 21.2 Å². The minimum atomic E-state index is -3.22. The van der Waals surface area contributed by atoms with Crippen molar-refractivity contribution in [1.82, 2.24) is 18.8 Å². The number of benzene rings is 2. The van der Waals surface area contributed by atoms with Gasteiger partial charge >= 0.3 is 0 Å². The van der Waals surface area contributed by atoms with Crippen LogP contribution < -0.4 is 0 Å². The molecule has 1 aliphatic heterocycles. The normalized spacial score (nSPS) is 15.5. The third-order valence-corrected chi connectivity index (χ3v) is 7.58. The predicted molar refractivity (Wildman–Crippen MR) is 126 cm³/mol. The molecule has 7 nitrogen and oxygen atoms in total. The molecule has 0 radical (unpaired) electrons. The summed E-state index contributed by atoms with van der Waals surface area (Å²) < 4.78 is 27.7. The molecule has 1 amide bonds. The molecule has 4 rings (SSSR count). The zero-order valence-corrected chi connectivity index (χ0v) is 19.5. The highest BCUT2D eigenvalue weighted by atomic mass is 32.2. The Morgan fingerprint density at radius 2 is 1.72 bits per heavy atom. The van der Waals surface area contributed by atoms with E-state index in [2.05, 4.69) is 4.57 Å². The average molecular weight is 455 g/mol. The molecule has 3 aromatic rings. The van der Waals surface area contributed by atoms with Crippen molar-refractivity contribution in [3.05, 3.63) is 60.4 Å². The zero-order valence-electron chi connectivity index (χ0n) is 18.6. The lowest BCUT2D eigenvalue weighted by atomic mass is 10.0. The summed E-state index contributed by atoms with van der Waals surface area (Å²) in [5.41, 5.74) is 2.98. The van der Waals surface area contributed by atoms with Crippen molar-refractivity contribution in [2.24, 2.45) is 0 Å². The maximum Gasteiger partial charge on any atom is 0.223 e. The first-order valence-electron chi connectivity index (χ1n) is 11.1. The van der Waals surface area contributed by atoms with Crippen LogP contribution in [0.15, 0.2) is 54.6 Å². The quantitative estimate of drug-likeness (QED) is 0.549. The number of aryl methyl sites for hydroxylation is 1. The van der Waals surface area contributed by atoms with Gasteiger partial charge in [-0.15, -0.1) is 0 Å². The van der Waals surface area contributed by atoms with E-state index in [0.29, 0.717) is 45.3 Å². The molecule has 32 heavy (non-hydrogen) atoms. The van der Waals surface area contributed by atoms with Gasteiger partial charge in [-0.25, -0.2) is 13.4 Å². The zero-order chi connectivity index (χ0) is 22.7. The first-order chi connectivity index (χ1) is 15.4. The molecule has 1 aromatic heterocycles. The molecular weight excluding hydrogens is 424 g/mol. The number of hydrogen-bond donors (Lipinski definition) is 0. The van der Waals surface area contributed by atoms with E-state index in [-0.39, 0.29) is 11.9 Å². The topological polar surface area (TPSA) is 75.5 Å². The number of para-hydroxylation sites is 3. The van der Waals surface area contributed by atoms with Gasteiger partial charge in [0, 0.05) is 44.2 Å². The second-order valence-corrected chi connectivity index (χ2v) is 10.2. The monoisotopic (exact) mass is 454 g/mol. The standard InChI is InChI=1S/C24H30N4O3S/c1-3-27(32(2,30)31)19-15-17-26(18-16-19)24(29)14-13-23-25-21-11-7-8-12-22(21)28(23)20-9-5-4-6-10-20/h4-12,19H,3,13-18H2,1-2H3. The van der Waals surface area contributed by atoms with Gasteiger partial charge in [-0.2, -0.15) is 4.31 Å². The molecule has 2 aromatic carbocycles. The van der Waals surface area contributed by atoms with Crippen LogP contribution >= 0.6 is 0 Å². The van der Waals surface area contributed by atoms with Gasteiger partial charge in [0.15, 0.2) is 0 Å². The summed E-state index contributed by atoms with van der Waals surface area (Å²) in [6, 6.07) is 18.1. The number of hydrogen-bond acceptors (Lipinski definition) is 4. The van der Waals surface area contributed by atoms with Crippen LogP contribution in [0.3, 0.4) is 0 Å². The van der Waals surface area contributed by atoms with Crippen LogP contribution in [-0.4, -0.2) is 65.0 Å². The van der Waals surface area contributed by atoms with Crippen LogP contribution in [0.1, 0.15) is 32.0 Å². The maximum absolute atomic E-state index is 12.9. The van der Waals surface area contributed by atoms with E-state index in [1.807, 2.05) is 66.4 Å². The minimum Gasteiger partial charge on any atom is -0.343 e. The summed E-state index contributed by atoms with van der Waals surface area (Å²) in [5, 5.41) is 0. The van der Waals surface area contributed by atoms with Crippen LogP contribution in [0.2, 0.25) is 0 Å². The fourth-order valence-corrected chi connectivity index (χ4v) is 5.87. The minimum absolute atomic E-state index is 0.0265. The molecule has 0 saturated carbocycles. The number of fused-ring (bicyclic) bond motifs is 1. The van der Waals surface area contributed by atoms with Gasteiger partial charge in [-0.05, 0) is 37.1 Å². The van der Waals surface area contributed by atoms with E-state index in [9.17, 15) is 13.2 Å². The van der Waals surface area contributed by atoms with Crippen molar-refractivity contribution in [3.63, 3.8) is 0 Å². The van der Waals surface area contributed by atoms with E-state index < -0.39 is 10.0 Å². The highest BCUT2D eigenvalue weighted by molar-refractivity contribution is 7.88. The molecule has 0 unspecified atom stereocenters. The highest BCUT2D eigenvalue weighted by Gasteiger charge is 2.30. The Bertz CT molecular complexity index is 1180. The van der Waals surface area contributed by atoms with Crippen molar-refractivity contribution >= 4 is 27.0 Å². The third kappa shape index (κ3) is 4.71. The van der Waals surface area contributed by atoms with Gasteiger partial charge < -0.3 is 4.90 Å². The third-order valence-electron chi connectivity index (χ3n) is 6.17. The van der Waals surface area contributed by atoms with E-state index in [1.165, 1.54) is 6.26 Å². The lowest BCUT2D eigenvalue weighted by molar-refractivity contribution is -0.132. The fourth-order valence-electron chi connectivity index (χ4n) is 4.65. The summed E-state index contributed by atoms with van der Waals surface area (Å²) in [6.45, 7) is 3.50. The molecule has 1 saturated heterocycles. The number of carbonyl (C=O) groups excluding carboxylic acids is 1. The van der Waals surface area contributed by atoms with E-state index in [1.54, 1.807) is 4.31 Å². The second-order valence-electron chi connectivity index (χ2n) is 8.27. The molecule has 8 heteroatoms. The van der Waals surface area contributed by atoms with E-state index >= 15 is 0 Å². The largest absolute Gasteiger partial charge is 0.343 e. The summed E-state index contributed by atoms with van der Waals surface area (Å²) in [5.74, 6) is 0.965. The molecule has 1 aliphatic rings. The molecule has 0 atom stereocenters. The van der Waals surface area contributed by atoms with Gasteiger partial charge in [0.2, 0.25) is 15.9 Å². The van der Waals surface area contributed by atoms with Crippen LogP contribution in [0.5, 0.6) is 0 Å². The molecule has 170 valence electrons. The summed E-state index contributed by atoms with van der Waals surface area (Å²) in [6.07, 6.45) is 3.54. The van der Waals surface area contributed by atoms with E-state index in [4.69, 9.17) is 4.98 Å². The molecule has 0 spiro atoms. The van der Waals surface area contributed by atoms with Crippen molar-refractivity contribution in [2.75, 3.05) is 25.9 Å². The van der Waals surface area contributed by atoms with Crippen molar-refractivity contribution in [1.29, 1.82) is 0 Å². The Labute approximate surface area is 189 Å². The van der Waals surface area contributed by atoms with Crippen LogP contribution in [0.25, 0.3) is 16.7 Å². The van der Waals surface area contributed by atoms with Crippen molar-refractivity contribution in [2.45, 2.75) is 38.6 Å². The van der Waals surface area contributed by atoms with Crippen molar-refractivity contribution in [3.8, 4) is 5.69 Å². The van der Waals surface area contributed by atoms with E-state index in [0.717, 1.165) is 22.5 Å². The number of aromatic nitrogens is 2. The van der Waals surface area contributed by atoms with Crippen LogP contribution in [0, 0.1) is 0 Å². The summed E-state index contributed by atoms with van der Waals surface area (Å²) in [4.78, 5) is 19.6. The maximum atomic E-state index is 12.9. The SMILES string of the molecule is CCN(C1CCN(C(=O)CCc2nc3ccccc3n2-c2ccccc2)CC1)S(C)(=O)=O. The number of rotatable bonds is 7. The number of sulfonamides is 1. The Balaban J connectivity index is 1.44. The first-order valence-corrected chi connectivity index (χ1v) is 13.0. The summed E-state index contributed by atoms with van der Waals surface area (Å²) >= 11 is 0. The van der Waals surface area contributed by atoms with Gasteiger partial charge in [-0.1, -0.05) is 37.3 Å². The first kappa shape index (κ1) is 22.5. The fraction of sp³-hybridized carbons (Fsp3) is 0.417. The number of imidazole rings is 1. The number of amides is 1. The molecule has 0 N–H and O–H groups in total. The molecule has 2 heterocycles. The Morgan fingerprint density at radius 1 is 1.06 bits per heavy atom. The number of piperidine rings is 1. The van der Waals surface area contributed by atoms with Crippen molar-refractivity contribution < 1.29 is 13.2 Å². The molecule has 0 aliphatic carbocycles. The Hall–Kier alpha value is -2.71. The lowest BCUT2D eigenvalue weighted by Crippen LogP contribution is -2.48. The Kier molecular flexibility index (Phi) is 6.62. The molecule has 0 bridgehead atoms. The van der Waals surface area contributed by atoms with Gasteiger partial charge in [-0.3, -0.25) is 9.36 Å². The Morgan fingerprint density at radius 3 is 2.38 bits per heavy atom. The summed E-state index contributed by atoms with van der Waals surface area (Å²) in [7, 11) is -3.22. The predicted octanol–water partition coefficient (Wildman–Crippen LogP) is 3.23. The average Bonchev–Trinajstić information content (AvgIpc) is 3.16. The second kappa shape index (κ2) is 9.42. The highest BCUT2D eigenvalue weighted by Crippen LogP contribution is 2.23.